The van der Waals surface area contributed by atoms with E-state index in [1.54, 1.807) is 12.5 Å². The van der Waals surface area contributed by atoms with Gasteiger partial charge in [-0.05, 0) is 18.4 Å². The van der Waals surface area contributed by atoms with Gasteiger partial charge >= 0.3 is 0 Å². The van der Waals surface area contributed by atoms with Crippen molar-refractivity contribution in [3.05, 3.63) is 46.3 Å². The van der Waals surface area contributed by atoms with E-state index in [-0.39, 0.29) is 5.16 Å². The van der Waals surface area contributed by atoms with Gasteiger partial charge in [-0.2, -0.15) is 14.9 Å². The van der Waals surface area contributed by atoms with Crippen LogP contribution >= 0.6 is 27.7 Å². The number of rotatable bonds is 5. The monoisotopic (exact) mass is 412 g/mol. The van der Waals surface area contributed by atoms with Crippen molar-refractivity contribution >= 4 is 33.9 Å². The van der Waals surface area contributed by atoms with E-state index in [1.165, 1.54) is 18.0 Å². The lowest BCUT2D eigenvalue weighted by atomic mass is 10.1. The molecule has 0 atom stereocenters. The lowest BCUT2D eigenvalue weighted by Gasteiger charge is -2.02. The molecule has 124 valence electrons. The first-order chi connectivity index (χ1) is 11.6. The van der Waals surface area contributed by atoms with Gasteiger partial charge in [-0.3, -0.25) is 5.10 Å². The Morgan fingerprint density at radius 1 is 1.29 bits per heavy atom. The van der Waals surface area contributed by atoms with Crippen LogP contribution in [0, 0.1) is 0 Å². The summed E-state index contributed by atoms with van der Waals surface area (Å²) in [6.07, 6.45) is 1.99. The van der Waals surface area contributed by atoms with E-state index in [0.29, 0.717) is 5.56 Å². The third-order valence-corrected chi connectivity index (χ3v) is 4.28. The zero-order valence-corrected chi connectivity index (χ0v) is 14.7. The zero-order valence-electron chi connectivity index (χ0n) is 12.3. The number of aromatic nitrogens is 5. The molecule has 3 aromatic rings. The van der Waals surface area contributed by atoms with Crippen LogP contribution in [0.15, 0.2) is 45.2 Å². The molecule has 0 saturated carbocycles. The summed E-state index contributed by atoms with van der Waals surface area (Å²) in [5.74, 6) is -0.496. The third-order valence-electron chi connectivity index (χ3n) is 3.13. The number of hydrogen-bond acceptors (Lipinski definition) is 5. The molecule has 0 aliphatic rings. The Morgan fingerprint density at radius 3 is 2.71 bits per heavy atom. The number of halogens is 3. The van der Waals surface area contributed by atoms with Crippen molar-refractivity contribution in [3.63, 3.8) is 0 Å². The second kappa shape index (κ2) is 7.22. The van der Waals surface area contributed by atoms with Gasteiger partial charge in [0.05, 0.1) is 18.1 Å². The summed E-state index contributed by atoms with van der Waals surface area (Å²) < 4.78 is 28.0. The molecule has 1 aromatic carbocycles. The minimum Gasteiger partial charge on any atom is -0.277 e. The van der Waals surface area contributed by atoms with E-state index in [1.807, 2.05) is 24.3 Å². The molecule has 0 unspecified atom stereocenters. The summed E-state index contributed by atoms with van der Waals surface area (Å²) in [5.41, 5.74) is 2.31. The van der Waals surface area contributed by atoms with Gasteiger partial charge < -0.3 is 0 Å². The van der Waals surface area contributed by atoms with Gasteiger partial charge in [0.25, 0.3) is 6.43 Å². The maximum absolute atomic E-state index is 13.0. The summed E-state index contributed by atoms with van der Waals surface area (Å²) in [6.45, 7) is 0. The van der Waals surface area contributed by atoms with Crippen LogP contribution in [-0.4, -0.2) is 37.5 Å². The van der Waals surface area contributed by atoms with Crippen molar-refractivity contribution in [1.29, 1.82) is 0 Å². The largest absolute Gasteiger partial charge is 0.299 e. The third kappa shape index (κ3) is 3.39. The van der Waals surface area contributed by atoms with E-state index in [2.05, 4.69) is 41.4 Å². The fraction of sp³-hybridized carbons (Fsp3) is 0.143. The van der Waals surface area contributed by atoms with Gasteiger partial charge in [0.2, 0.25) is 11.0 Å². The lowest BCUT2D eigenvalue weighted by Crippen LogP contribution is -2.00. The number of hydrogen-bond donors (Lipinski definition) is 1. The van der Waals surface area contributed by atoms with E-state index >= 15 is 0 Å². The van der Waals surface area contributed by atoms with E-state index < -0.39 is 12.2 Å². The Bertz CT molecular complexity index is 859. The average molecular weight is 413 g/mol. The second-order valence-corrected chi connectivity index (χ2v) is 6.30. The molecule has 24 heavy (non-hydrogen) atoms. The number of nitrogens with one attached hydrogen (secondary N) is 1. The average Bonchev–Trinajstić information content (AvgIpc) is 3.19. The van der Waals surface area contributed by atoms with E-state index in [0.717, 1.165) is 20.4 Å². The number of alkyl halides is 2. The fourth-order valence-electron chi connectivity index (χ4n) is 2.01. The molecule has 0 saturated heterocycles. The number of nitrogens with zero attached hydrogens (tertiary/aromatic N) is 5. The van der Waals surface area contributed by atoms with Crippen molar-refractivity contribution in [3.8, 4) is 11.3 Å². The molecule has 10 heteroatoms. The van der Waals surface area contributed by atoms with Crippen molar-refractivity contribution < 1.29 is 8.78 Å². The molecule has 3 rings (SSSR count). The summed E-state index contributed by atoms with van der Waals surface area (Å²) in [4.78, 5) is 0. The van der Waals surface area contributed by atoms with Crippen LogP contribution in [0.5, 0.6) is 0 Å². The highest BCUT2D eigenvalue weighted by Gasteiger charge is 2.19. The standard InChI is InChI=1S/C14H11BrF2N6S/c1-24-14-22-21-13(12(16)17)23(14)19-7-9-6-18-20-11(9)8-2-4-10(15)5-3-8/h2-7,12H,1H3,(H,18,20). The SMILES string of the molecule is CSc1nnc(C(F)F)n1N=Cc1cn[nH]c1-c1ccc(Br)cc1. The minimum absolute atomic E-state index is 0.287. The molecule has 1 N–H and O–H groups in total. The van der Waals surface area contributed by atoms with Gasteiger partial charge in [-0.1, -0.05) is 39.8 Å². The molecular weight excluding hydrogens is 402 g/mol. The first-order valence-corrected chi connectivity index (χ1v) is 8.73. The second-order valence-electron chi connectivity index (χ2n) is 4.61. The van der Waals surface area contributed by atoms with Crippen LogP contribution in [-0.2, 0) is 0 Å². The van der Waals surface area contributed by atoms with Crippen molar-refractivity contribution in [1.82, 2.24) is 25.1 Å². The predicted molar refractivity (Wildman–Crippen MR) is 91.5 cm³/mol. The van der Waals surface area contributed by atoms with Crippen molar-refractivity contribution in [2.24, 2.45) is 5.10 Å². The number of H-pyrrole nitrogens is 1. The number of thioether (sulfide) groups is 1. The molecule has 0 amide bonds. The normalized spacial score (nSPS) is 11.7. The van der Waals surface area contributed by atoms with Gasteiger partial charge in [0.1, 0.15) is 0 Å². The van der Waals surface area contributed by atoms with Gasteiger partial charge in [-0.15, -0.1) is 10.2 Å². The Balaban J connectivity index is 1.96. The summed E-state index contributed by atoms with van der Waals surface area (Å²) >= 11 is 4.57. The van der Waals surface area contributed by atoms with Crippen LogP contribution in [0.25, 0.3) is 11.3 Å². The highest BCUT2D eigenvalue weighted by Crippen LogP contribution is 2.24. The van der Waals surface area contributed by atoms with Gasteiger partial charge in [0.15, 0.2) is 0 Å². The molecule has 0 bridgehead atoms. The van der Waals surface area contributed by atoms with Crippen LogP contribution in [0.3, 0.4) is 0 Å². The highest BCUT2D eigenvalue weighted by molar-refractivity contribution is 9.10. The molecular formula is C14H11BrF2N6S. The van der Waals surface area contributed by atoms with Crippen LogP contribution in [0.1, 0.15) is 17.8 Å². The molecule has 0 aliphatic heterocycles. The van der Waals surface area contributed by atoms with Crippen molar-refractivity contribution in [2.75, 3.05) is 6.26 Å². The van der Waals surface area contributed by atoms with E-state index in [9.17, 15) is 8.78 Å². The highest BCUT2D eigenvalue weighted by atomic mass is 79.9. The first kappa shape index (κ1) is 16.8. The number of aromatic amines is 1. The Hall–Kier alpha value is -2.07. The Morgan fingerprint density at radius 2 is 2.04 bits per heavy atom. The molecule has 6 nitrogen and oxygen atoms in total. The molecule has 0 spiro atoms. The van der Waals surface area contributed by atoms with Crippen LogP contribution in [0.4, 0.5) is 8.78 Å². The smallest absolute Gasteiger partial charge is 0.277 e. The van der Waals surface area contributed by atoms with E-state index in [4.69, 9.17) is 0 Å². The summed E-state index contributed by atoms with van der Waals surface area (Å²) in [5, 5.41) is 18.5. The zero-order chi connectivity index (χ0) is 17.1. The predicted octanol–water partition coefficient (Wildman–Crippen LogP) is 3.97. The summed E-state index contributed by atoms with van der Waals surface area (Å²) in [7, 11) is 0. The van der Waals surface area contributed by atoms with Gasteiger partial charge in [-0.25, -0.2) is 8.78 Å². The van der Waals surface area contributed by atoms with Crippen molar-refractivity contribution in [2.45, 2.75) is 11.6 Å². The molecule has 0 fully saturated rings. The van der Waals surface area contributed by atoms with Crippen LogP contribution < -0.4 is 0 Å². The van der Waals surface area contributed by atoms with Gasteiger partial charge in [0, 0.05) is 15.6 Å². The molecule has 2 heterocycles. The quantitative estimate of drug-likeness (QED) is 0.508. The summed E-state index contributed by atoms with van der Waals surface area (Å²) in [6, 6.07) is 7.62. The topological polar surface area (TPSA) is 71.8 Å². The molecule has 2 aromatic heterocycles. The molecule has 0 radical (unpaired) electrons. The fourth-order valence-corrected chi connectivity index (χ4v) is 2.71. The maximum Gasteiger partial charge on any atom is 0.299 e. The molecule has 0 aliphatic carbocycles. The lowest BCUT2D eigenvalue weighted by molar-refractivity contribution is 0.135. The maximum atomic E-state index is 13.0. The van der Waals surface area contributed by atoms with Crippen LogP contribution in [0.2, 0.25) is 0 Å². The first-order valence-electron chi connectivity index (χ1n) is 6.71. The Kier molecular flexibility index (Phi) is 5.05. The Labute approximate surface area is 148 Å². The number of benzene rings is 1. The minimum atomic E-state index is -2.76.